The first-order valence-electron chi connectivity index (χ1n) is 7.96. The van der Waals surface area contributed by atoms with Gasteiger partial charge in [0.05, 0.1) is 0 Å². The summed E-state index contributed by atoms with van der Waals surface area (Å²) in [5.74, 6) is 0.113. The fraction of sp³-hybridized carbons (Fsp3) is 0.111. The molecule has 2 aromatic heterocycles. The van der Waals surface area contributed by atoms with Gasteiger partial charge in [-0.05, 0) is 23.3 Å². The minimum atomic E-state index is -1.04. The molecular formula is C18H15N5O2S. The molecule has 0 saturated carbocycles. The first-order chi connectivity index (χ1) is 12.7. The molecule has 1 aromatic carbocycles. The molecular weight excluding hydrogens is 350 g/mol. The third-order valence-electron chi connectivity index (χ3n) is 3.91. The predicted octanol–water partition coefficient (Wildman–Crippen LogP) is 2.95. The molecule has 1 aliphatic heterocycles. The van der Waals surface area contributed by atoms with Crippen molar-refractivity contribution >= 4 is 23.7 Å². The van der Waals surface area contributed by atoms with Crippen LogP contribution in [0.25, 0.3) is 0 Å². The molecule has 3 aromatic rings. The van der Waals surface area contributed by atoms with Crippen molar-refractivity contribution in [3.05, 3.63) is 77.8 Å². The predicted molar refractivity (Wildman–Crippen MR) is 97.7 cm³/mol. The molecule has 1 atom stereocenters. The summed E-state index contributed by atoms with van der Waals surface area (Å²) in [6, 6.07) is 13.4. The number of fused-ring (bicyclic) bond motifs is 1. The SMILES string of the molecule is O=C(O)C1=C[C@H](c2cccnc2)n2nc(SCc3ccccc3)nc2N1. The van der Waals surface area contributed by atoms with E-state index in [9.17, 15) is 9.90 Å². The summed E-state index contributed by atoms with van der Waals surface area (Å²) in [5.41, 5.74) is 2.10. The molecule has 0 fully saturated rings. The van der Waals surface area contributed by atoms with Gasteiger partial charge in [-0.3, -0.25) is 4.98 Å². The summed E-state index contributed by atoms with van der Waals surface area (Å²) in [6.45, 7) is 0. The van der Waals surface area contributed by atoms with Gasteiger partial charge in [-0.1, -0.05) is 48.2 Å². The van der Waals surface area contributed by atoms with Gasteiger partial charge >= 0.3 is 5.97 Å². The van der Waals surface area contributed by atoms with E-state index in [0.29, 0.717) is 11.1 Å². The minimum Gasteiger partial charge on any atom is -0.477 e. The number of allylic oxidation sites excluding steroid dienone is 1. The van der Waals surface area contributed by atoms with Crippen molar-refractivity contribution in [2.75, 3.05) is 5.32 Å². The number of hydrogen-bond donors (Lipinski definition) is 2. The second-order valence-corrected chi connectivity index (χ2v) is 6.62. The average Bonchev–Trinajstić information content (AvgIpc) is 3.10. The van der Waals surface area contributed by atoms with Gasteiger partial charge in [-0.25, -0.2) is 9.48 Å². The zero-order valence-corrected chi connectivity index (χ0v) is 14.4. The number of carboxylic acids is 1. The Hall–Kier alpha value is -3.13. The lowest BCUT2D eigenvalue weighted by molar-refractivity contribution is -0.132. The number of carbonyl (C=O) groups is 1. The van der Waals surface area contributed by atoms with E-state index >= 15 is 0 Å². The number of rotatable bonds is 5. The van der Waals surface area contributed by atoms with E-state index in [1.165, 1.54) is 17.3 Å². The number of nitrogens with zero attached hydrogens (tertiary/aromatic N) is 4. The van der Waals surface area contributed by atoms with Gasteiger partial charge in [0.1, 0.15) is 11.7 Å². The van der Waals surface area contributed by atoms with Gasteiger partial charge in [-0.2, -0.15) is 4.98 Å². The highest BCUT2D eigenvalue weighted by atomic mass is 32.2. The largest absolute Gasteiger partial charge is 0.477 e. The Bertz CT molecular complexity index is 956. The summed E-state index contributed by atoms with van der Waals surface area (Å²) in [5, 5.41) is 17.4. The number of pyridine rings is 1. The van der Waals surface area contributed by atoms with Crippen molar-refractivity contribution in [3.8, 4) is 0 Å². The van der Waals surface area contributed by atoms with Crippen molar-refractivity contribution in [3.63, 3.8) is 0 Å². The Morgan fingerprint density at radius 2 is 2.08 bits per heavy atom. The fourth-order valence-electron chi connectivity index (χ4n) is 2.67. The lowest BCUT2D eigenvalue weighted by atomic mass is 10.1. The van der Waals surface area contributed by atoms with Crippen LogP contribution in [0.4, 0.5) is 5.95 Å². The van der Waals surface area contributed by atoms with E-state index in [-0.39, 0.29) is 11.7 Å². The molecule has 0 radical (unpaired) electrons. The fourth-order valence-corrected chi connectivity index (χ4v) is 3.45. The summed E-state index contributed by atoms with van der Waals surface area (Å²) in [4.78, 5) is 20.0. The molecule has 0 amide bonds. The van der Waals surface area contributed by atoms with Crippen LogP contribution in [0, 0.1) is 0 Å². The van der Waals surface area contributed by atoms with Crippen LogP contribution in [0.2, 0.25) is 0 Å². The zero-order valence-electron chi connectivity index (χ0n) is 13.6. The minimum absolute atomic E-state index is 0.0818. The van der Waals surface area contributed by atoms with Crippen molar-refractivity contribution in [2.45, 2.75) is 17.0 Å². The second kappa shape index (κ2) is 7.01. The summed E-state index contributed by atoms with van der Waals surface area (Å²) in [7, 11) is 0. The lowest BCUT2D eigenvalue weighted by Gasteiger charge is -2.21. The van der Waals surface area contributed by atoms with E-state index in [1.807, 2.05) is 42.5 Å². The number of hydrogen-bond acceptors (Lipinski definition) is 6. The molecule has 26 heavy (non-hydrogen) atoms. The first-order valence-corrected chi connectivity index (χ1v) is 8.94. The highest BCUT2D eigenvalue weighted by molar-refractivity contribution is 7.98. The van der Waals surface area contributed by atoms with E-state index in [4.69, 9.17) is 0 Å². The smallest absolute Gasteiger partial charge is 0.352 e. The van der Waals surface area contributed by atoms with E-state index in [0.717, 1.165) is 11.3 Å². The monoisotopic (exact) mass is 365 g/mol. The Morgan fingerprint density at radius 3 is 2.81 bits per heavy atom. The van der Waals surface area contributed by atoms with Crippen molar-refractivity contribution in [2.24, 2.45) is 0 Å². The van der Waals surface area contributed by atoms with Gasteiger partial charge in [0.15, 0.2) is 0 Å². The van der Waals surface area contributed by atoms with Crippen LogP contribution >= 0.6 is 11.8 Å². The van der Waals surface area contributed by atoms with Gasteiger partial charge in [-0.15, -0.1) is 5.10 Å². The molecule has 8 heteroatoms. The van der Waals surface area contributed by atoms with Crippen molar-refractivity contribution in [1.29, 1.82) is 0 Å². The van der Waals surface area contributed by atoms with E-state index in [2.05, 4.69) is 20.4 Å². The van der Waals surface area contributed by atoms with Gasteiger partial charge in [0, 0.05) is 18.1 Å². The van der Waals surface area contributed by atoms with Crippen LogP contribution < -0.4 is 5.32 Å². The highest BCUT2D eigenvalue weighted by Crippen LogP contribution is 2.31. The molecule has 0 spiro atoms. The van der Waals surface area contributed by atoms with E-state index in [1.54, 1.807) is 23.2 Å². The van der Waals surface area contributed by atoms with Crippen molar-refractivity contribution < 1.29 is 9.90 Å². The number of aromatic nitrogens is 4. The van der Waals surface area contributed by atoms with E-state index < -0.39 is 5.97 Å². The normalized spacial score (nSPS) is 15.7. The molecule has 4 rings (SSSR count). The number of aliphatic carboxylic acids is 1. The molecule has 2 N–H and O–H groups in total. The summed E-state index contributed by atoms with van der Waals surface area (Å²) >= 11 is 1.50. The molecule has 0 saturated heterocycles. The number of carboxylic acid groups (broad SMARTS) is 1. The van der Waals surface area contributed by atoms with Crippen LogP contribution in [0.5, 0.6) is 0 Å². The molecule has 0 bridgehead atoms. The van der Waals surface area contributed by atoms with Crippen molar-refractivity contribution in [1.82, 2.24) is 19.7 Å². The topological polar surface area (TPSA) is 92.9 Å². The maximum Gasteiger partial charge on any atom is 0.352 e. The van der Waals surface area contributed by atoms with Crippen LogP contribution in [-0.4, -0.2) is 30.8 Å². The Balaban J connectivity index is 1.63. The van der Waals surface area contributed by atoms with Gasteiger partial charge in [0.2, 0.25) is 11.1 Å². The second-order valence-electron chi connectivity index (χ2n) is 5.68. The highest BCUT2D eigenvalue weighted by Gasteiger charge is 2.27. The zero-order chi connectivity index (χ0) is 17.9. The Kier molecular flexibility index (Phi) is 4.40. The summed E-state index contributed by atoms with van der Waals surface area (Å²) in [6.07, 6.45) is 5.00. The average molecular weight is 365 g/mol. The van der Waals surface area contributed by atoms with Crippen LogP contribution in [0.15, 0.2) is 71.8 Å². The maximum absolute atomic E-state index is 11.4. The van der Waals surface area contributed by atoms with Gasteiger partial charge in [0.25, 0.3) is 0 Å². The third-order valence-corrected chi connectivity index (χ3v) is 4.82. The Morgan fingerprint density at radius 1 is 1.23 bits per heavy atom. The quantitative estimate of drug-likeness (QED) is 0.672. The first kappa shape index (κ1) is 16.3. The molecule has 0 unspecified atom stereocenters. The van der Waals surface area contributed by atoms with Gasteiger partial charge < -0.3 is 10.4 Å². The molecule has 7 nitrogen and oxygen atoms in total. The number of anilines is 1. The maximum atomic E-state index is 11.4. The number of benzene rings is 1. The molecule has 1 aliphatic rings. The van der Waals surface area contributed by atoms with Crippen LogP contribution in [0.3, 0.4) is 0 Å². The Labute approximate surface area is 153 Å². The molecule has 0 aliphatic carbocycles. The third kappa shape index (κ3) is 3.31. The van der Waals surface area contributed by atoms with Crippen LogP contribution in [0.1, 0.15) is 17.2 Å². The molecule has 130 valence electrons. The lowest BCUT2D eigenvalue weighted by Crippen LogP contribution is -2.24. The standard InChI is InChI=1S/C18H15N5O2S/c24-16(25)14-9-15(13-7-4-8-19-10-13)23-17(20-14)21-18(22-23)26-11-12-5-2-1-3-6-12/h1-10,15H,11H2,(H,24,25)(H,20,21,22)/t15-/m1/s1. The molecule has 3 heterocycles. The van der Waals surface area contributed by atoms with Crippen LogP contribution in [-0.2, 0) is 10.5 Å². The number of thioether (sulfide) groups is 1. The summed E-state index contributed by atoms with van der Waals surface area (Å²) < 4.78 is 1.69. The number of nitrogens with one attached hydrogen (secondary N) is 1.